The number of hydrogen-bond donors (Lipinski definition) is 3. The standard InChI is InChI=1S/C14H12N4OS/c15-10-3-1-8(14(16)19)5-12(10)18-9-2-4-11-13(6-9)20-7-17-11/h1-7,18H,15H2,(H2,16,19). The predicted octanol–water partition coefficient (Wildman–Crippen LogP) is 2.72. The highest BCUT2D eigenvalue weighted by molar-refractivity contribution is 7.16. The number of primary amides is 1. The third-order valence-corrected chi connectivity index (χ3v) is 3.74. The lowest BCUT2D eigenvalue weighted by atomic mass is 10.1. The number of benzene rings is 2. The second-order valence-electron chi connectivity index (χ2n) is 4.33. The Morgan fingerprint density at radius 2 is 2.05 bits per heavy atom. The van der Waals surface area contributed by atoms with Gasteiger partial charge in [0.25, 0.3) is 0 Å². The van der Waals surface area contributed by atoms with Crippen molar-refractivity contribution in [3.8, 4) is 0 Å². The molecule has 0 bridgehead atoms. The minimum atomic E-state index is -0.481. The highest BCUT2D eigenvalue weighted by atomic mass is 32.1. The van der Waals surface area contributed by atoms with E-state index in [9.17, 15) is 4.79 Å². The summed E-state index contributed by atoms with van der Waals surface area (Å²) in [5.74, 6) is -0.481. The van der Waals surface area contributed by atoms with Gasteiger partial charge in [-0.1, -0.05) is 0 Å². The largest absolute Gasteiger partial charge is 0.397 e. The first-order valence-corrected chi connectivity index (χ1v) is 6.81. The molecule has 3 rings (SSSR count). The Hall–Kier alpha value is -2.60. The third kappa shape index (κ3) is 2.28. The Morgan fingerprint density at radius 1 is 1.20 bits per heavy atom. The highest BCUT2D eigenvalue weighted by Gasteiger charge is 2.06. The average molecular weight is 284 g/mol. The minimum Gasteiger partial charge on any atom is -0.397 e. The number of carbonyl (C=O) groups excluding carboxylic acids is 1. The first-order chi connectivity index (χ1) is 9.63. The lowest BCUT2D eigenvalue weighted by Crippen LogP contribution is -2.11. The van der Waals surface area contributed by atoms with Crippen molar-refractivity contribution in [2.24, 2.45) is 5.73 Å². The third-order valence-electron chi connectivity index (χ3n) is 2.95. The second kappa shape index (κ2) is 4.82. The SMILES string of the molecule is NC(=O)c1ccc(N)c(Nc2ccc3ncsc3c2)c1. The van der Waals surface area contributed by atoms with Gasteiger partial charge in [-0.15, -0.1) is 11.3 Å². The zero-order chi connectivity index (χ0) is 14.1. The van der Waals surface area contributed by atoms with Gasteiger partial charge < -0.3 is 16.8 Å². The summed E-state index contributed by atoms with van der Waals surface area (Å²) in [6, 6.07) is 10.8. The van der Waals surface area contributed by atoms with Gasteiger partial charge in [0, 0.05) is 11.3 Å². The van der Waals surface area contributed by atoms with Gasteiger partial charge >= 0.3 is 0 Å². The number of nitrogens with zero attached hydrogens (tertiary/aromatic N) is 1. The zero-order valence-corrected chi connectivity index (χ0v) is 11.3. The van der Waals surface area contributed by atoms with E-state index in [0.717, 1.165) is 15.9 Å². The van der Waals surface area contributed by atoms with Crippen molar-refractivity contribution in [2.75, 3.05) is 11.1 Å². The number of thiazole rings is 1. The smallest absolute Gasteiger partial charge is 0.248 e. The van der Waals surface area contributed by atoms with Crippen LogP contribution in [0.4, 0.5) is 17.1 Å². The molecule has 1 amide bonds. The fourth-order valence-corrected chi connectivity index (χ4v) is 2.62. The summed E-state index contributed by atoms with van der Waals surface area (Å²) in [5, 5.41) is 3.20. The molecule has 0 fully saturated rings. The van der Waals surface area contributed by atoms with Crippen molar-refractivity contribution in [1.82, 2.24) is 4.98 Å². The summed E-state index contributed by atoms with van der Waals surface area (Å²) in [6.45, 7) is 0. The summed E-state index contributed by atoms with van der Waals surface area (Å²) in [4.78, 5) is 15.4. The second-order valence-corrected chi connectivity index (χ2v) is 5.21. The number of anilines is 3. The predicted molar refractivity (Wildman–Crippen MR) is 82.3 cm³/mol. The summed E-state index contributed by atoms with van der Waals surface area (Å²) < 4.78 is 1.08. The molecule has 20 heavy (non-hydrogen) atoms. The van der Waals surface area contributed by atoms with Gasteiger partial charge in [0.05, 0.1) is 27.1 Å². The van der Waals surface area contributed by atoms with Crippen LogP contribution in [-0.4, -0.2) is 10.9 Å². The van der Waals surface area contributed by atoms with Gasteiger partial charge in [-0.3, -0.25) is 4.79 Å². The Labute approximate surface area is 119 Å². The maximum Gasteiger partial charge on any atom is 0.248 e. The summed E-state index contributed by atoms with van der Waals surface area (Å²) >= 11 is 1.57. The van der Waals surface area contributed by atoms with Crippen LogP contribution in [0.25, 0.3) is 10.2 Å². The molecule has 0 spiro atoms. The maximum absolute atomic E-state index is 11.2. The van der Waals surface area contributed by atoms with Crippen LogP contribution in [0.5, 0.6) is 0 Å². The molecular formula is C14H12N4OS. The Morgan fingerprint density at radius 3 is 2.85 bits per heavy atom. The number of fused-ring (bicyclic) bond motifs is 1. The molecule has 0 saturated carbocycles. The zero-order valence-electron chi connectivity index (χ0n) is 10.5. The number of rotatable bonds is 3. The van der Waals surface area contributed by atoms with Gasteiger partial charge in [-0.05, 0) is 36.4 Å². The van der Waals surface area contributed by atoms with Crippen LogP contribution in [0.1, 0.15) is 10.4 Å². The van der Waals surface area contributed by atoms with E-state index in [1.54, 1.807) is 35.0 Å². The van der Waals surface area contributed by atoms with E-state index in [-0.39, 0.29) is 0 Å². The van der Waals surface area contributed by atoms with Gasteiger partial charge in [0.2, 0.25) is 5.91 Å². The number of hydrogen-bond acceptors (Lipinski definition) is 5. The van der Waals surface area contributed by atoms with Crippen molar-refractivity contribution < 1.29 is 4.79 Å². The van der Waals surface area contributed by atoms with Crippen LogP contribution in [0.15, 0.2) is 41.9 Å². The number of nitrogens with two attached hydrogens (primary N) is 2. The Balaban J connectivity index is 1.97. The molecule has 0 aliphatic heterocycles. The van der Waals surface area contributed by atoms with Crippen molar-refractivity contribution in [3.05, 3.63) is 47.5 Å². The molecule has 0 radical (unpaired) electrons. The summed E-state index contributed by atoms with van der Waals surface area (Å²) in [7, 11) is 0. The summed E-state index contributed by atoms with van der Waals surface area (Å²) in [5.41, 5.74) is 16.5. The minimum absolute atomic E-state index is 0.417. The topological polar surface area (TPSA) is 94.0 Å². The van der Waals surface area contributed by atoms with E-state index in [4.69, 9.17) is 11.5 Å². The van der Waals surface area contributed by atoms with Gasteiger partial charge in [0.15, 0.2) is 0 Å². The van der Waals surface area contributed by atoms with Crippen LogP contribution in [0.2, 0.25) is 0 Å². The molecule has 1 aromatic heterocycles. The first kappa shape index (κ1) is 12.4. The van der Waals surface area contributed by atoms with Crippen molar-refractivity contribution in [3.63, 3.8) is 0 Å². The average Bonchev–Trinajstić information content (AvgIpc) is 2.88. The molecule has 5 nitrogen and oxygen atoms in total. The molecule has 3 aromatic rings. The van der Waals surface area contributed by atoms with Gasteiger partial charge in [-0.25, -0.2) is 4.98 Å². The van der Waals surface area contributed by atoms with Gasteiger partial charge in [-0.2, -0.15) is 0 Å². The van der Waals surface area contributed by atoms with Crippen LogP contribution >= 0.6 is 11.3 Å². The molecule has 0 aliphatic carbocycles. The monoisotopic (exact) mass is 284 g/mol. The molecule has 2 aromatic carbocycles. The molecule has 6 heteroatoms. The summed E-state index contributed by atoms with van der Waals surface area (Å²) in [6.07, 6.45) is 0. The normalized spacial score (nSPS) is 10.6. The van der Waals surface area contributed by atoms with E-state index in [1.165, 1.54) is 0 Å². The van der Waals surface area contributed by atoms with Crippen LogP contribution in [0, 0.1) is 0 Å². The van der Waals surface area contributed by atoms with Crippen LogP contribution in [-0.2, 0) is 0 Å². The van der Waals surface area contributed by atoms with E-state index < -0.39 is 5.91 Å². The van der Waals surface area contributed by atoms with Gasteiger partial charge in [0.1, 0.15) is 0 Å². The fraction of sp³-hybridized carbons (Fsp3) is 0. The molecule has 100 valence electrons. The number of carbonyl (C=O) groups is 1. The number of nitrogens with one attached hydrogen (secondary N) is 1. The van der Waals surface area contributed by atoms with E-state index in [0.29, 0.717) is 16.9 Å². The lowest BCUT2D eigenvalue weighted by Gasteiger charge is -2.10. The van der Waals surface area contributed by atoms with E-state index in [1.807, 2.05) is 18.2 Å². The fourth-order valence-electron chi connectivity index (χ4n) is 1.91. The van der Waals surface area contributed by atoms with Crippen molar-refractivity contribution in [1.29, 1.82) is 0 Å². The van der Waals surface area contributed by atoms with Crippen LogP contribution < -0.4 is 16.8 Å². The quantitative estimate of drug-likeness (QED) is 0.644. The molecule has 5 N–H and O–H groups in total. The lowest BCUT2D eigenvalue weighted by molar-refractivity contribution is 0.100. The number of amides is 1. The number of nitrogen functional groups attached to an aromatic ring is 1. The Kier molecular flexibility index (Phi) is 3.00. The number of aromatic nitrogens is 1. The molecule has 0 aliphatic rings. The molecule has 1 heterocycles. The van der Waals surface area contributed by atoms with Crippen molar-refractivity contribution >= 4 is 44.5 Å². The molecular weight excluding hydrogens is 272 g/mol. The Bertz CT molecular complexity index is 797. The molecule has 0 saturated heterocycles. The maximum atomic E-state index is 11.2. The van der Waals surface area contributed by atoms with E-state index >= 15 is 0 Å². The first-order valence-electron chi connectivity index (χ1n) is 5.93. The van der Waals surface area contributed by atoms with Crippen LogP contribution in [0.3, 0.4) is 0 Å². The molecule has 0 atom stereocenters. The highest BCUT2D eigenvalue weighted by Crippen LogP contribution is 2.27. The molecule has 0 unspecified atom stereocenters. The van der Waals surface area contributed by atoms with E-state index in [2.05, 4.69) is 10.3 Å². The van der Waals surface area contributed by atoms with Crippen molar-refractivity contribution in [2.45, 2.75) is 0 Å².